The van der Waals surface area contributed by atoms with E-state index >= 15 is 0 Å². The molecule has 1 amide bonds. The summed E-state index contributed by atoms with van der Waals surface area (Å²) < 4.78 is 11.1. The molecule has 2 aromatic carbocycles. The van der Waals surface area contributed by atoms with Crippen molar-refractivity contribution >= 4 is 11.9 Å². The Labute approximate surface area is 164 Å². The molecule has 0 spiro atoms. The van der Waals surface area contributed by atoms with E-state index in [1.54, 1.807) is 42.5 Å². The second-order valence-corrected chi connectivity index (χ2v) is 6.83. The minimum absolute atomic E-state index is 0.0490. The maximum absolute atomic E-state index is 12.3. The molecule has 6 heteroatoms. The summed E-state index contributed by atoms with van der Waals surface area (Å²) in [5, 5.41) is 12.2. The van der Waals surface area contributed by atoms with Gasteiger partial charge in [-0.05, 0) is 49.2 Å². The first kappa shape index (κ1) is 19.7. The average Bonchev–Trinajstić information content (AvgIpc) is 2.72. The third-order valence-electron chi connectivity index (χ3n) is 4.78. The Morgan fingerprint density at radius 3 is 2.32 bits per heavy atom. The van der Waals surface area contributed by atoms with E-state index in [1.165, 1.54) is 25.3 Å². The molecule has 0 unspecified atom stereocenters. The number of carboxylic acid groups (broad SMARTS) is 1. The van der Waals surface area contributed by atoms with Gasteiger partial charge in [0.05, 0.1) is 0 Å². The number of benzene rings is 2. The van der Waals surface area contributed by atoms with Crippen molar-refractivity contribution in [2.45, 2.75) is 38.1 Å². The summed E-state index contributed by atoms with van der Waals surface area (Å²) in [7, 11) is 0. The number of hydrogen-bond donors (Lipinski definition) is 2. The highest BCUT2D eigenvalue weighted by Crippen LogP contribution is 2.19. The molecule has 0 heterocycles. The molecule has 3 rings (SSSR count). The second kappa shape index (κ2) is 9.78. The summed E-state index contributed by atoms with van der Waals surface area (Å²) >= 11 is 0. The fourth-order valence-electron chi connectivity index (χ4n) is 3.30. The van der Waals surface area contributed by atoms with E-state index < -0.39 is 5.97 Å². The lowest BCUT2D eigenvalue weighted by Gasteiger charge is -2.22. The molecule has 0 bridgehead atoms. The van der Waals surface area contributed by atoms with Gasteiger partial charge in [0.2, 0.25) is 0 Å². The molecule has 28 heavy (non-hydrogen) atoms. The predicted molar refractivity (Wildman–Crippen MR) is 105 cm³/mol. The largest absolute Gasteiger partial charge is 0.490 e. The zero-order chi connectivity index (χ0) is 19.8. The number of para-hydroxylation sites is 1. The third kappa shape index (κ3) is 5.49. The van der Waals surface area contributed by atoms with Crippen LogP contribution < -0.4 is 14.8 Å². The Bertz CT molecular complexity index is 797. The van der Waals surface area contributed by atoms with Crippen LogP contribution in [-0.2, 0) is 0 Å². The summed E-state index contributed by atoms with van der Waals surface area (Å²) in [6.45, 7) is 0.482. The topological polar surface area (TPSA) is 84.9 Å². The van der Waals surface area contributed by atoms with Crippen LogP contribution in [0.2, 0.25) is 0 Å². The highest BCUT2D eigenvalue weighted by atomic mass is 16.5. The maximum atomic E-state index is 12.3. The Hall–Kier alpha value is -3.02. The van der Waals surface area contributed by atoms with Gasteiger partial charge in [-0.25, -0.2) is 4.79 Å². The third-order valence-corrected chi connectivity index (χ3v) is 4.78. The zero-order valence-electron chi connectivity index (χ0n) is 15.7. The van der Waals surface area contributed by atoms with Crippen molar-refractivity contribution in [3.05, 3.63) is 59.7 Å². The van der Waals surface area contributed by atoms with Crippen LogP contribution in [0.25, 0.3) is 0 Å². The van der Waals surface area contributed by atoms with Crippen molar-refractivity contribution in [3.8, 4) is 11.5 Å². The van der Waals surface area contributed by atoms with Gasteiger partial charge in [0, 0.05) is 11.6 Å². The molecule has 148 valence electrons. The molecule has 0 atom stereocenters. The number of carboxylic acids is 1. The molecule has 1 saturated carbocycles. The Morgan fingerprint density at radius 2 is 1.61 bits per heavy atom. The SMILES string of the molecule is O=C(NC1CCCCC1)c1ccc(OCCOc2ccccc2C(=O)O)cc1. The van der Waals surface area contributed by atoms with Crippen molar-refractivity contribution in [1.29, 1.82) is 0 Å². The standard InChI is InChI=1S/C22H25NO5/c24-21(23-17-6-2-1-3-7-17)16-10-12-18(13-11-16)27-14-15-28-20-9-5-4-8-19(20)22(25)26/h4-5,8-13,17H,1-3,6-7,14-15H2,(H,23,24)(H,25,26). The number of amides is 1. The van der Waals surface area contributed by atoms with Crippen LogP contribution in [0.15, 0.2) is 48.5 Å². The van der Waals surface area contributed by atoms with Gasteiger partial charge in [0.25, 0.3) is 5.91 Å². The van der Waals surface area contributed by atoms with Gasteiger partial charge in [-0.2, -0.15) is 0 Å². The van der Waals surface area contributed by atoms with E-state index in [0.29, 0.717) is 17.1 Å². The predicted octanol–water partition coefficient (Wildman–Crippen LogP) is 3.91. The molecule has 1 aliphatic rings. The van der Waals surface area contributed by atoms with Crippen LogP contribution in [-0.4, -0.2) is 36.2 Å². The van der Waals surface area contributed by atoms with E-state index in [4.69, 9.17) is 14.6 Å². The minimum Gasteiger partial charge on any atom is -0.490 e. The van der Waals surface area contributed by atoms with Crippen molar-refractivity contribution in [3.63, 3.8) is 0 Å². The molecular weight excluding hydrogens is 358 g/mol. The summed E-state index contributed by atoms with van der Waals surface area (Å²) in [5.74, 6) is -0.136. The van der Waals surface area contributed by atoms with Crippen molar-refractivity contribution in [1.82, 2.24) is 5.32 Å². The number of rotatable bonds is 8. The molecule has 0 aliphatic heterocycles. The quantitative estimate of drug-likeness (QED) is 0.675. The van der Waals surface area contributed by atoms with Crippen LogP contribution >= 0.6 is 0 Å². The normalized spacial score (nSPS) is 14.3. The molecule has 0 radical (unpaired) electrons. The molecule has 2 N–H and O–H groups in total. The molecule has 0 aromatic heterocycles. The average molecular weight is 383 g/mol. The van der Waals surface area contributed by atoms with Crippen molar-refractivity contribution in [2.75, 3.05) is 13.2 Å². The number of aromatic carboxylic acids is 1. The first-order valence-electron chi connectivity index (χ1n) is 9.62. The molecule has 0 saturated heterocycles. The molecule has 2 aromatic rings. The fraction of sp³-hybridized carbons (Fsp3) is 0.364. The van der Waals surface area contributed by atoms with E-state index in [2.05, 4.69) is 5.32 Å². The number of carbonyl (C=O) groups is 2. The van der Waals surface area contributed by atoms with E-state index in [-0.39, 0.29) is 30.7 Å². The fourth-order valence-corrected chi connectivity index (χ4v) is 3.30. The Kier molecular flexibility index (Phi) is 6.89. The highest BCUT2D eigenvalue weighted by Gasteiger charge is 2.16. The van der Waals surface area contributed by atoms with E-state index in [9.17, 15) is 9.59 Å². The summed E-state index contributed by atoms with van der Waals surface area (Å²) in [5.41, 5.74) is 0.736. The number of hydrogen-bond acceptors (Lipinski definition) is 4. The van der Waals surface area contributed by atoms with Gasteiger partial charge >= 0.3 is 5.97 Å². The summed E-state index contributed by atoms with van der Waals surface area (Å²) in [6, 6.07) is 13.8. The summed E-state index contributed by atoms with van der Waals surface area (Å²) in [4.78, 5) is 23.5. The van der Waals surface area contributed by atoms with Gasteiger partial charge in [-0.15, -0.1) is 0 Å². The van der Waals surface area contributed by atoms with Crippen LogP contribution in [0.5, 0.6) is 11.5 Å². The zero-order valence-corrected chi connectivity index (χ0v) is 15.7. The van der Waals surface area contributed by atoms with Crippen LogP contribution in [0.1, 0.15) is 52.8 Å². The molecule has 1 aliphatic carbocycles. The van der Waals surface area contributed by atoms with Crippen molar-refractivity contribution < 1.29 is 24.2 Å². The maximum Gasteiger partial charge on any atom is 0.339 e. The number of ether oxygens (including phenoxy) is 2. The number of carbonyl (C=O) groups excluding carboxylic acids is 1. The first-order chi connectivity index (χ1) is 13.6. The molecule has 6 nitrogen and oxygen atoms in total. The van der Waals surface area contributed by atoms with E-state index in [0.717, 1.165) is 12.8 Å². The smallest absolute Gasteiger partial charge is 0.339 e. The molecule has 1 fully saturated rings. The van der Waals surface area contributed by atoms with E-state index in [1.807, 2.05) is 0 Å². The lowest BCUT2D eigenvalue weighted by atomic mass is 9.95. The minimum atomic E-state index is -1.03. The van der Waals surface area contributed by atoms with Gasteiger partial charge in [-0.1, -0.05) is 31.4 Å². The highest BCUT2D eigenvalue weighted by molar-refractivity contribution is 5.94. The van der Waals surface area contributed by atoms with Crippen molar-refractivity contribution in [2.24, 2.45) is 0 Å². The number of nitrogens with one attached hydrogen (secondary N) is 1. The summed E-state index contributed by atoms with van der Waals surface area (Å²) in [6.07, 6.45) is 5.72. The lowest BCUT2D eigenvalue weighted by molar-refractivity contribution is 0.0690. The first-order valence-corrected chi connectivity index (χ1v) is 9.62. The van der Waals surface area contributed by atoms with Gasteiger partial charge in [-0.3, -0.25) is 4.79 Å². The lowest BCUT2D eigenvalue weighted by Crippen LogP contribution is -2.36. The van der Waals surface area contributed by atoms with Crippen LogP contribution in [0.4, 0.5) is 0 Å². The Balaban J connectivity index is 1.44. The monoisotopic (exact) mass is 383 g/mol. The van der Waals surface area contributed by atoms with Gasteiger partial charge in [0.15, 0.2) is 0 Å². The van der Waals surface area contributed by atoms with Gasteiger partial charge in [0.1, 0.15) is 30.3 Å². The second-order valence-electron chi connectivity index (χ2n) is 6.83. The molecular formula is C22H25NO5. The van der Waals surface area contributed by atoms with Crippen LogP contribution in [0, 0.1) is 0 Å². The Morgan fingerprint density at radius 1 is 0.929 bits per heavy atom. The van der Waals surface area contributed by atoms with Gasteiger partial charge < -0.3 is 19.9 Å². The van der Waals surface area contributed by atoms with Crippen LogP contribution in [0.3, 0.4) is 0 Å².